The van der Waals surface area contributed by atoms with Crippen LogP contribution in [0.1, 0.15) is 12.0 Å². The van der Waals surface area contributed by atoms with Crippen molar-refractivity contribution >= 4 is 27.7 Å². The molecule has 0 aromatic heterocycles. The molecule has 0 spiro atoms. The number of hydrogen-bond donors (Lipinski definition) is 0. The molecule has 5 heteroatoms. The van der Waals surface area contributed by atoms with Gasteiger partial charge < -0.3 is 9.47 Å². The van der Waals surface area contributed by atoms with E-state index >= 15 is 0 Å². The predicted octanol–water partition coefficient (Wildman–Crippen LogP) is 4.63. The predicted molar refractivity (Wildman–Crippen MR) is 85.0 cm³/mol. The van der Waals surface area contributed by atoms with Gasteiger partial charge in [-0.05, 0) is 36.4 Å². The molecule has 0 unspecified atom stereocenters. The topological polar surface area (TPSA) is 42.2 Å². The van der Waals surface area contributed by atoms with Crippen molar-refractivity contribution in [2.45, 2.75) is 16.2 Å². The molecular formula is C16H12BrNO2S. The van der Waals surface area contributed by atoms with Crippen LogP contribution in [0, 0.1) is 11.3 Å². The highest BCUT2D eigenvalue weighted by molar-refractivity contribution is 9.10. The largest absolute Gasteiger partial charge is 0.490 e. The summed E-state index contributed by atoms with van der Waals surface area (Å²) in [5.74, 6) is 1.56. The van der Waals surface area contributed by atoms with Gasteiger partial charge in [0.2, 0.25) is 0 Å². The van der Waals surface area contributed by atoms with E-state index in [-0.39, 0.29) is 0 Å². The van der Waals surface area contributed by atoms with E-state index in [1.54, 1.807) is 11.8 Å². The molecule has 0 amide bonds. The Morgan fingerprint density at radius 2 is 1.86 bits per heavy atom. The van der Waals surface area contributed by atoms with Crippen LogP contribution in [-0.4, -0.2) is 13.2 Å². The lowest BCUT2D eigenvalue weighted by Gasteiger charge is -2.10. The van der Waals surface area contributed by atoms with Gasteiger partial charge in [-0.1, -0.05) is 27.7 Å². The zero-order valence-electron chi connectivity index (χ0n) is 11.1. The summed E-state index contributed by atoms with van der Waals surface area (Å²) in [7, 11) is 0. The Bertz CT molecular complexity index is 712. The van der Waals surface area contributed by atoms with E-state index < -0.39 is 0 Å². The van der Waals surface area contributed by atoms with E-state index in [1.807, 2.05) is 36.4 Å². The molecule has 0 fully saturated rings. The number of hydrogen-bond acceptors (Lipinski definition) is 4. The molecule has 0 saturated heterocycles. The molecule has 0 atom stereocenters. The third-order valence-corrected chi connectivity index (χ3v) is 4.57. The van der Waals surface area contributed by atoms with Crippen LogP contribution in [0.3, 0.4) is 0 Å². The summed E-state index contributed by atoms with van der Waals surface area (Å²) < 4.78 is 12.2. The van der Waals surface area contributed by atoms with Crippen molar-refractivity contribution in [2.24, 2.45) is 0 Å². The summed E-state index contributed by atoms with van der Waals surface area (Å²) in [5.41, 5.74) is 0.654. The molecule has 2 aromatic carbocycles. The molecule has 0 bridgehead atoms. The highest BCUT2D eigenvalue weighted by Crippen LogP contribution is 2.38. The average molecular weight is 362 g/mol. The summed E-state index contributed by atoms with van der Waals surface area (Å²) in [6.45, 7) is 1.35. The lowest BCUT2D eigenvalue weighted by Crippen LogP contribution is -1.97. The fraction of sp³-hybridized carbons (Fsp3) is 0.188. The minimum Gasteiger partial charge on any atom is -0.490 e. The van der Waals surface area contributed by atoms with Crippen molar-refractivity contribution in [3.05, 3.63) is 46.4 Å². The molecule has 1 aliphatic rings. The second kappa shape index (κ2) is 6.42. The number of benzene rings is 2. The second-order valence-corrected chi connectivity index (χ2v) is 6.54. The van der Waals surface area contributed by atoms with E-state index in [0.29, 0.717) is 18.8 Å². The smallest absolute Gasteiger partial charge is 0.162 e. The normalized spacial score (nSPS) is 13.3. The number of ether oxygens (including phenoxy) is 2. The minimum absolute atomic E-state index is 0.654. The molecule has 0 aliphatic carbocycles. The molecule has 3 rings (SSSR count). The molecule has 3 nitrogen and oxygen atoms in total. The monoisotopic (exact) mass is 361 g/mol. The second-order valence-electron chi connectivity index (χ2n) is 4.51. The Morgan fingerprint density at radius 1 is 1.05 bits per heavy atom. The number of rotatable bonds is 2. The maximum Gasteiger partial charge on any atom is 0.162 e. The molecule has 0 saturated carbocycles. The first kappa shape index (κ1) is 14.3. The van der Waals surface area contributed by atoms with Crippen molar-refractivity contribution in [1.29, 1.82) is 5.26 Å². The van der Waals surface area contributed by atoms with E-state index in [9.17, 15) is 5.26 Å². The van der Waals surface area contributed by atoms with Crippen LogP contribution in [-0.2, 0) is 0 Å². The zero-order chi connectivity index (χ0) is 14.7. The summed E-state index contributed by atoms with van der Waals surface area (Å²) in [6, 6.07) is 13.8. The molecule has 0 N–H and O–H groups in total. The number of fused-ring (bicyclic) bond motifs is 1. The third kappa shape index (κ3) is 3.34. The Hall–Kier alpha value is -1.64. The van der Waals surface area contributed by atoms with E-state index in [0.717, 1.165) is 32.2 Å². The summed E-state index contributed by atoms with van der Waals surface area (Å²) >= 11 is 4.93. The van der Waals surface area contributed by atoms with Gasteiger partial charge in [0, 0.05) is 20.7 Å². The maximum atomic E-state index is 9.22. The molecule has 1 heterocycles. The average Bonchev–Trinajstić information content (AvgIpc) is 2.74. The molecular weight excluding hydrogens is 350 g/mol. The number of halogens is 1. The Balaban J connectivity index is 1.89. The molecule has 0 radical (unpaired) electrons. The highest BCUT2D eigenvalue weighted by atomic mass is 79.9. The molecule has 21 heavy (non-hydrogen) atoms. The van der Waals surface area contributed by atoms with Crippen LogP contribution in [0.2, 0.25) is 0 Å². The van der Waals surface area contributed by atoms with Gasteiger partial charge in [0.15, 0.2) is 11.5 Å². The van der Waals surface area contributed by atoms with Crippen molar-refractivity contribution in [2.75, 3.05) is 13.2 Å². The summed E-state index contributed by atoms with van der Waals surface area (Å²) in [6.07, 6.45) is 0.891. The van der Waals surface area contributed by atoms with Crippen LogP contribution < -0.4 is 9.47 Å². The summed E-state index contributed by atoms with van der Waals surface area (Å²) in [5, 5.41) is 9.22. The summed E-state index contributed by atoms with van der Waals surface area (Å²) in [4.78, 5) is 1.95. The Kier molecular flexibility index (Phi) is 4.37. The van der Waals surface area contributed by atoms with Crippen molar-refractivity contribution in [1.82, 2.24) is 0 Å². The van der Waals surface area contributed by atoms with Gasteiger partial charge in [0.1, 0.15) is 6.07 Å². The van der Waals surface area contributed by atoms with Crippen molar-refractivity contribution in [3.8, 4) is 17.6 Å². The Labute approximate surface area is 136 Å². The van der Waals surface area contributed by atoms with Gasteiger partial charge in [-0.15, -0.1) is 0 Å². The number of nitrogens with zero attached hydrogens (tertiary/aromatic N) is 1. The van der Waals surface area contributed by atoms with Gasteiger partial charge in [0.25, 0.3) is 0 Å². The first-order valence-corrected chi connectivity index (χ1v) is 8.14. The van der Waals surface area contributed by atoms with E-state index in [2.05, 4.69) is 22.0 Å². The zero-order valence-corrected chi connectivity index (χ0v) is 13.5. The van der Waals surface area contributed by atoms with Gasteiger partial charge in [-0.2, -0.15) is 5.26 Å². The van der Waals surface area contributed by atoms with Gasteiger partial charge in [-0.3, -0.25) is 0 Å². The molecule has 1 aliphatic heterocycles. The van der Waals surface area contributed by atoms with Gasteiger partial charge in [-0.25, -0.2) is 0 Å². The third-order valence-electron chi connectivity index (χ3n) is 3.01. The van der Waals surface area contributed by atoms with Gasteiger partial charge in [0.05, 0.1) is 18.8 Å². The Morgan fingerprint density at radius 3 is 2.67 bits per heavy atom. The lowest BCUT2D eigenvalue weighted by molar-refractivity contribution is 0.297. The van der Waals surface area contributed by atoms with Gasteiger partial charge >= 0.3 is 0 Å². The SMILES string of the molecule is N#Cc1cc(Br)ccc1Sc1ccc2c(c1)OCCCO2. The first-order chi connectivity index (χ1) is 10.3. The fourth-order valence-electron chi connectivity index (χ4n) is 2.01. The fourth-order valence-corrected chi connectivity index (χ4v) is 3.28. The van der Waals surface area contributed by atoms with Crippen LogP contribution in [0.5, 0.6) is 11.5 Å². The molecule has 2 aromatic rings. The van der Waals surface area contributed by atoms with E-state index in [4.69, 9.17) is 9.47 Å². The van der Waals surface area contributed by atoms with Crippen LogP contribution in [0.15, 0.2) is 50.7 Å². The van der Waals surface area contributed by atoms with Crippen molar-refractivity contribution < 1.29 is 9.47 Å². The lowest BCUT2D eigenvalue weighted by atomic mass is 10.2. The quantitative estimate of drug-likeness (QED) is 0.781. The van der Waals surface area contributed by atoms with Crippen molar-refractivity contribution in [3.63, 3.8) is 0 Å². The first-order valence-electron chi connectivity index (χ1n) is 6.53. The van der Waals surface area contributed by atoms with Crippen LogP contribution in [0.25, 0.3) is 0 Å². The van der Waals surface area contributed by atoms with E-state index in [1.165, 1.54) is 0 Å². The minimum atomic E-state index is 0.654. The van der Waals surface area contributed by atoms with Crippen LogP contribution >= 0.6 is 27.7 Å². The van der Waals surface area contributed by atoms with Crippen LogP contribution in [0.4, 0.5) is 0 Å². The molecule has 106 valence electrons. The standard InChI is InChI=1S/C16H12BrNO2S/c17-12-2-5-16(11(8-12)10-18)21-13-3-4-14-15(9-13)20-7-1-6-19-14/h2-5,8-9H,1,6-7H2. The number of nitriles is 1. The maximum absolute atomic E-state index is 9.22. The highest BCUT2D eigenvalue weighted by Gasteiger charge is 2.12.